The molecule has 0 aromatic carbocycles. The van der Waals surface area contributed by atoms with Crippen molar-refractivity contribution in [2.45, 2.75) is 25.9 Å². The molecule has 0 aliphatic carbocycles. The lowest BCUT2D eigenvalue weighted by Crippen LogP contribution is -2.49. The van der Waals surface area contributed by atoms with Crippen LogP contribution < -0.4 is 0 Å². The molecule has 23 heavy (non-hydrogen) atoms. The van der Waals surface area contributed by atoms with E-state index in [2.05, 4.69) is 29.0 Å². The molecule has 0 saturated carbocycles. The first-order valence-corrected chi connectivity index (χ1v) is 8.09. The topological polar surface area (TPSA) is 59.2 Å². The summed E-state index contributed by atoms with van der Waals surface area (Å²) in [6.07, 6.45) is 8.27. The molecule has 124 valence electrons. The Balaban J connectivity index is 1.75. The Hall–Kier alpha value is -2.15. The number of hydrogen-bond donors (Lipinski definition) is 0. The fourth-order valence-electron chi connectivity index (χ4n) is 3.04. The van der Waals surface area contributed by atoms with Gasteiger partial charge in [0, 0.05) is 51.8 Å². The number of piperazine rings is 1. The van der Waals surface area contributed by atoms with E-state index < -0.39 is 0 Å². The van der Waals surface area contributed by atoms with Crippen molar-refractivity contribution >= 4 is 5.91 Å². The molecule has 1 aliphatic rings. The monoisotopic (exact) mass is 316 g/mol. The summed E-state index contributed by atoms with van der Waals surface area (Å²) in [4.78, 5) is 21.4. The molecule has 1 aliphatic heterocycles. The molecule has 0 N–H and O–H groups in total. The second kappa shape index (κ2) is 6.54. The van der Waals surface area contributed by atoms with Gasteiger partial charge < -0.3 is 9.47 Å². The normalized spacial score (nSPS) is 19.3. The minimum atomic E-state index is 0.0552. The molecule has 0 spiro atoms. The van der Waals surface area contributed by atoms with Crippen LogP contribution in [0.15, 0.2) is 24.8 Å². The summed E-state index contributed by atoms with van der Waals surface area (Å²) < 4.78 is 3.86. The summed E-state index contributed by atoms with van der Waals surface area (Å²) in [7, 11) is 4.08. The summed E-state index contributed by atoms with van der Waals surface area (Å²) >= 11 is 0. The molecule has 7 nitrogen and oxygen atoms in total. The van der Waals surface area contributed by atoms with Gasteiger partial charge in [-0.05, 0) is 13.5 Å². The molecule has 0 bridgehead atoms. The summed E-state index contributed by atoms with van der Waals surface area (Å²) in [5.74, 6) is 1.05. The van der Waals surface area contributed by atoms with Crippen LogP contribution in [0, 0.1) is 0 Å². The first kappa shape index (κ1) is 15.7. The number of likely N-dealkylation sites (N-methyl/N-ethyl adjacent to an activating group) is 1. The maximum absolute atomic E-state index is 12.8. The smallest absolute Gasteiger partial charge is 0.257 e. The van der Waals surface area contributed by atoms with Gasteiger partial charge in [-0.1, -0.05) is 6.92 Å². The maximum Gasteiger partial charge on any atom is 0.257 e. The number of aromatic nitrogens is 4. The lowest BCUT2D eigenvalue weighted by molar-refractivity contribution is 0.0528. The molecule has 7 heteroatoms. The molecule has 1 saturated heterocycles. The van der Waals surface area contributed by atoms with Crippen LogP contribution in [0.25, 0.3) is 0 Å². The lowest BCUT2D eigenvalue weighted by atomic mass is 10.1. The van der Waals surface area contributed by atoms with Gasteiger partial charge in [0.1, 0.15) is 5.82 Å². The molecule has 2 aromatic heterocycles. The van der Waals surface area contributed by atoms with Crippen LogP contribution in [0.3, 0.4) is 0 Å². The van der Waals surface area contributed by atoms with Crippen molar-refractivity contribution in [3.63, 3.8) is 0 Å². The molecular weight excluding hydrogens is 292 g/mol. The van der Waals surface area contributed by atoms with E-state index >= 15 is 0 Å². The molecule has 3 heterocycles. The number of carbonyl (C=O) groups is 1. The van der Waals surface area contributed by atoms with Crippen molar-refractivity contribution in [3.8, 4) is 0 Å². The van der Waals surface area contributed by atoms with Crippen LogP contribution in [-0.2, 0) is 13.6 Å². The summed E-state index contributed by atoms with van der Waals surface area (Å²) in [6.45, 7) is 5.16. The van der Waals surface area contributed by atoms with Crippen molar-refractivity contribution in [3.05, 3.63) is 36.2 Å². The molecule has 3 rings (SSSR count). The third-order valence-corrected chi connectivity index (χ3v) is 4.42. The highest BCUT2D eigenvalue weighted by atomic mass is 16.2. The summed E-state index contributed by atoms with van der Waals surface area (Å²) in [5, 5.41) is 4.26. The third-order valence-electron chi connectivity index (χ3n) is 4.42. The highest BCUT2D eigenvalue weighted by Gasteiger charge is 2.31. The quantitative estimate of drug-likeness (QED) is 0.849. The number of rotatable bonds is 4. The standard InChI is InChI=1S/C16H24N6O/c1-4-6-22-11-13(10-18-22)16(23)21-9-8-19(2)14(12-21)15-17-5-7-20(15)3/h5,7,10-11,14H,4,6,8-9,12H2,1-3H3/t14-/m1/s1. The van der Waals surface area contributed by atoms with Crippen molar-refractivity contribution in [1.29, 1.82) is 0 Å². The number of amides is 1. The van der Waals surface area contributed by atoms with E-state index in [0.29, 0.717) is 12.1 Å². The highest BCUT2D eigenvalue weighted by Crippen LogP contribution is 2.23. The fraction of sp³-hybridized carbons (Fsp3) is 0.562. The van der Waals surface area contributed by atoms with E-state index in [1.54, 1.807) is 12.4 Å². The van der Waals surface area contributed by atoms with Crippen molar-refractivity contribution in [2.75, 3.05) is 26.7 Å². The Labute approximate surface area is 136 Å². The average molecular weight is 316 g/mol. The van der Waals surface area contributed by atoms with Gasteiger partial charge in [-0.2, -0.15) is 5.10 Å². The lowest BCUT2D eigenvalue weighted by Gasteiger charge is -2.38. The summed E-state index contributed by atoms with van der Waals surface area (Å²) in [6, 6.07) is 0.124. The average Bonchev–Trinajstić information content (AvgIpc) is 3.17. The van der Waals surface area contributed by atoms with Crippen molar-refractivity contribution in [1.82, 2.24) is 29.1 Å². The SMILES string of the molecule is CCCn1cc(C(=O)N2CCN(C)[C@@H](c3nccn3C)C2)cn1. The van der Waals surface area contributed by atoms with Crippen LogP contribution >= 0.6 is 0 Å². The Morgan fingerprint density at radius 1 is 1.35 bits per heavy atom. The minimum absolute atomic E-state index is 0.0552. The second-order valence-electron chi connectivity index (χ2n) is 6.14. The first-order chi connectivity index (χ1) is 11.1. The van der Waals surface area contributed by atoms with Gasteiger partial charge in [-0.3, -0.25) is 14.4 Å². The Morgan fingerprint density at radius 2 is 2.17 bits per heavy atom. The van der Waals surface area contributed by atoms with Crippen LogP contribution in [0.1, 0.15) is 35.6 Å². The van der Waals surface area contributed by atoms with E-state index in [4.69, 9.17) is 0 Å². The van der Waals surface area contributed by atoms with E-state index in [1.807, 2.05) is 33.6 Å². The molecule has 1 amide bonds. The van der Waals surface area contributed by atoms with Gasteiger partial charge in [-0.25, -0.2) is 4.98 Å². The number of nitrogens with zero attached hydrogens (tertiary/aromatic N) is 6. The van der Waals surface area contributed by atoms with Gasteiger partial charge in [0.2, 0.25) is 0 Å². The molecule has 1 fully saturated rings. The molecular formula is C16H24N6O. The Bertz CT molecular complexity index is 676. The van der Waals surface area contributed by atoms with Gasteiger partial charge in [-0.15, -0.1) is 0 Å². The second-order valence-corrected chi connectivity index (χ2v) is 6.14. The molecule has 0 unspecified atom stereocenters. The van der Waals surface area contributed by atoms with E-state index in [-0.39, 0.29) is 11.9 Å². The first-order valence-electron chi connectivity index (χ1n) is 8.09. The van der Waals surface area contributed by atoms with E-state index in [1.165, 1.54) is 0 Å². The van der Waals surface area contributed by atoms with Crippen LogP contribution in [-0.4, -0.2) is 61.7 Å². The number of hydrogen-bond acceptors (Lipinski definition) is 4. The predicted octanol–water partition coefficient (Wildman–Crippen LogP) is 1.16. The fourth-order valence-corrected chi connectivity index (χ4v) is 3.04. The summed E-state index contributed by atoms with van der Waals surface area (Å²) in [5.41, 5.74) is 0.668. The number of aryl methyl sites for hydroxylation is 2. The third kappa shape index (κ3) is 3.14. The van der Waals surface area contributed by atoms with Gasteiger partial charge in [0.15, 0.2) is 0 Å². The molecule has 2 aromatic rings. The van der Waals surface area contributed by atoms with Gasteiger partial charge in [0.05, 0.1) is 17.8 Å². The zero-order valence-corrected chi connectivity index (χ0v) is 14.0. The minimum Gasteiger partial charge on any atom is -0.337 e. The van der Waals surface area contributed by atoms with Crippen molar-refractivity contribution in [2.24, 2.45) is 7.05 Å². The molecule has 1 atom stereocenters. The number of carbonyl (C=O) groups excluding carboxylic acids is 1. The number of imidazole rings is 1. The van der Waals surface area contributed by atoms with Crippen molar-refractivity contribution < 1.29 is 4.79 Å². The zero-order chi connectivity index (χ0) is 16.4. The van der Waals surface area contributed by atoms with Gasteiger partial charge >= 0.3 is 0 Å². The zero-order valence-electron chi connectivity index (χ0n) is 14.0. The Morgan fingerprint density at radius 3 is 2.87 bits per heavy atom. The van der Waals surface area contributed by atoms with Gasteiger partial charge in [0.25, 0.3) is 5.91 Å². The van der Waals surface area contributed by atoms with Crippen LogP contribution in [0.5, 0.6) is 0 Å². The van der Waals surface area contributed by atoms with Crippen LogP contribution in [0.4, 0.5) is 0 Å². The van der Waals surface area contributed by atoms with Crippen LogP contribution in [0.2, 0.25) is 0 Å². The van der Waals surface area contributed by atoms with E-state index in [9.17, 15) is 4.79 Å². The Kier molecular flexibility index (Phi) is 4.47. The largest absolute Gasteiger partial charge is 0.337 e. The maximum atomic E-state index is 12.8. The molecule has 0 radical (unpaired) electrons. The predicted molar refractivity (Wildman–Crippen MR) is 87.0 cm³/mol. The van der Waals surface area contributed by atoms with E-state index in [0.717, 1.165) is 31.9 Å². The highest BCUT2D eigenvalue weighted by molar-refractivity contribution is 5.93.